The number of rotatable bonds is 3. The fraction of sp³-hybridized carbons (Fsp3) is 0.857. The van der Waals surface area contributed by atoms with E-state index in [9.17, 15) is 9.59 Å². The standard InChI is InChI=1S/C14H23NO2/c16-13(12-7-4-5-8-12)11-15-10-6-2-1-3-9-14(15)17/h12H,1-11H2. The number of likely N-dealkylation sites (tertiary alicyclic amines) is 1. The first-order chi connectivity index (χ1) is 8.27. The van der Waals surface area contributed by atoms with E-state index >= 15 is 0 Å². The Morgan fingerprint density at radius 1 is 1.06 bits per heavy atom. The van der Waals surface area contributed by atoms with Crippen LogP contribution < -0.4 is 0 Å². The van der Waals surface area contributed by atoms with E-state index in [0.717, 1.165) is 38.6 Å². The summed E-state index contributed by atoms with van der Waals surface area (Å²) in [5, 5.41) is 0. The van der Waals surface area contributed by atoms with E-state index in [4.69, 9.17) is 0 Å². The monoisotopic (exact) mass is 237 g/mol. The van der Waals surface area contributed by atoms with Crippen LogP contribution >= 0.6 is 0 Å². The average Bonchev–Trinajstić information content (AvgIpc) is 2.82. The van der Waals surface area contributed by atoms with Crippen molar-refractivity contribution in [3.05, 3.63) is 0 Å². The Balaban J connectivity index is 1.86. The maximum absolute atomic E-state index is 12.1. The molecular formula is C14H23NO2. The van der Waals surface area contributed by atoms with Crippen LogP contribution in [0.5, 0.6) is 0 Å². The molecule has 96 valence electrons. The summed E-state index contributed by atoms with van der Waals surface area (Å²) in [5.74, 6) is 0.737. The largest absolute Gasteiger partial charge is 0.335 e. The van der Waals surface area contributed by atoms with Gasteiger partial charge in [-0.3, -0.25) is 9.59 Å². The first-order valence-electron chi connectivity index (χ1n) is 7.08. The van der Waals surface area contributed by atoms with Gasteiger partial charge in [0.25, 0.3) is 0 Å². The molecule has 0 atom stereocenters. The molecule has 0 aromatic carbocycles. The van der Waals surface area contributed by atoms with Crippen LogP contribution in [0.25, 0.3) is 0 Å². The molecule has 2 aliphatic rings. The lowest BCUT2D eigenvalue weighted by Crippen LogP contribution is -2.38. The van der Waals surface area contributed by atoms with E-state index < -0.39 is 0 Å². The van der Waals surface area contributed by atoms with Crippen LogP contribution in [0.4, 0.5) is 0 Å². The fourth-order valence-corrected chi connectivity index (χ4v) is 2.95. The SMILES string of the molecule is O=C(CN1CCCCCCC1=O)C1CCCC1. The van der Waals surface area contributed by atoms with Crippen LogP contribution in [0.1, 0.15) is 57.8 Å². The zero-order valence-electron chi connectivity index (χ0n) is 10.6. The van der Waals surface area contributed by atoms with Gasteiger partial charge in [-0.25, -0.2) is 0 Å². The summed E-state index contributed by atoms with van der Waals surface area (Å²) in [7, 11) is 0. The Kier molecular flexibility index (Phi) is 4.57. The Hall–Kier alpha value is -0.860. The number of ketones is 1. The zero-order chi connectivity index (χ0) is 12.1. The lowest BCUT2D eigenvalue weighted by atomic mass is 10.0. The van der Waals surface area contributed by atoms with Gasteiger partial charge in [-0.1, -0.05) is 25.7 Å². The number of nitrogens with zero attached hydrogens (tertiary/aromatic N) is 1. The predicted molar refractivity (Wildman–Crippen MR) is 66.6 cm³/mol. The highest BCUT2D eigenvalue weighted by Crippen LogP contribution is 2.26. The molecular weight excluding hydrogens is 214 g/mol. The van der Waals surface area contributed by atoms with E-state index in [-0.39, 0.29) is 11.8 Å². The number of amides is 1. The van der Waals surface area contributed by atoms with Gasteiger partial charge in [-0.05, 0) is 25.7 Å². The molecule has 3 nitrogen and oxygen atoms in total. The van der Waals surface area contributed by atoms with Crippen molar-refractivity contribution in [1.29, 1.82) is 0 Å². The van der Waals surface area contributed by atoms with Gasteiger partial charge in [-0.15, -0.1) is 0 Å². The van der Waals surface area contributed by atoms with Gasteiger partial charge >= 0.3 is 0 Å². The minimum atomic E-state index is 0.191. The first kappa shape index (κ1) is 12.6. The van der Waals surface area contributed by atoms with Crippen LogP contribution in [0.15, 0.2) is 0 Å². The summed E-state index contributed by atoms with van der Waals surface area (Å²) in [6, 6.07) is 0. The molecule has 0 unspecified atom stereocenters. The molecule has 1 saturated heterocycles. The van der Waals surface area contributed by atoms with Gasteiger partial charge in [0.2, 0.25) is 5.91 Å². The third-order valence-corrected chi connectivity index (χ3v) is 4.08. The highest BCUT2D eigenvalue weighted by atomic mass is 16.2. The quantitative estimate of drug-likeness (QED) is 0.756. The molecule has 1 aliphatic carbocycles. The van der Waals surface area contributed by atoms with E-state index in [1.54, 1.807) is 4.90 Å². The van der Waals surface area contributed by atoms with Crippen molar-refractivity contribution in [2.75, 3.05) is 13.1 Å². The number of hydrogen-bond donors (Lipinski definition) is 0. The Morgan fingerprint density at radius 3 is 2.53 bits per heavy atom. The predicted octanol–water partition coefficient (Wildman–Crippen LogP) is 2.54. The van der Waals surface area contributed by atoms with Gasteiger partial charge in [0, 0.05) is 18.9 Å². The Labute approximate surface area is 104 Å². The zero-order valence-corrected chi connectivity index (χ0v) is 10.6. The summed E-state index contributed by atoms with van der Waals surface area (Å²) in [6.07, 6.45) is 9.50. The Morgan fingerprint density at radius 2 is 1.76 bits per heavy atom. The molecule has 0 N–H and O–H groups in total. The maximum atomic E-state index is 12.1. The highest BCUT2D eigenvalue weighted by Gasteiger charge is 2.26. The van der Waals surface area contributed by atoms with E-state index in [1.165, 1.54) is 19.3 Å². The summed E-state index contributed by atoms with van der Waals surface area (Å²) in [4.78, 5) is 25.8. The van der Waals surface area contributed by atoms with Crippen LogP contribution in [0, 0.1) is 5.92 Å². The van der Waals surface area contributed by atoms with Gasteiger partial charge in [-0.2, -0.15) is 0 Å². The van der Waals surface area contributed by atoms with Crippen molar-refractivity contribution in [2.24, 2.45) is 5.92 Å². The molecule has 0 radical (unpaired) electrons. The third-order valence-electron chi connectivity index (χ3n) is 4.08. The number of hydrogen-bond acceptors (Lipinski definition) is 2. The summed E-state index contributed by atoms with van der Waals surface area (Å²) in [6.45, 7) is 1.17. The molecule has 0 aromatic heterocycles. The molecule has 1 saturated carbocycles. The second-order valence-corrected chi connectivity index (χ2v) is 5.43. The molecule has 0 aromatic rings. The molecule has 17 heavy (non-hydrogen) atoms. The summed E-state index contributed by atoms with van der Waals surface area (Å²) in [5.41, 5.74) is 0. The second-order valence-electron chi connectivity index (χ2n) is 5.43. The molecule has 1 aliphatic heterocycles. The second kappa shape index (κ2) is 6.18. The van der Waals surface area contributed by atoms with Gasteiger partial charge in [0.05, 0.1) is 6.54 Å². The van der Waals surface area contributed by atoms with Crippen LogP contribution in [0.2, 0.25) is 0 Å². The van der Waals surface area contributed by atoms with Crippen LogP contribution in [-0.2, 0) is 9.59 Å². The first-order valence-corrected chi connectivity index (χ1v) is 7.08. The molecule has 0 bridgehead atoms. The van der Waals surface area contributed by atoms with Crippen molar-refractivity contribution in [1.82, 2.24) is 4.90 Å². The van der Waals surface area contributed by atoms with Gasteiger partial charge < -0.3 is 4.90 Å². The van der Waals surface area contributed by atoms with Gasteiger partial charge in [0.1, 0.15) is 0 Å². The lowest BCUT2D eigenvalue weighted by Gasteiger charge is -2.25. The van der Waals surface area contributed by atoms with E-state index in [1.807, 2.05) is 0 Å². The topological polar surface area (TPSA) is 37.4 Å². The molecule has 1 amide bonds. The van der Waals surface area contributed by atoms with Crippen LogP contribution in [-0.4, -0.2) is 29.7 Å². The average molecular weight is 237 g/mol. The van der Waals surface area contributed by atoms with Crippen molar-refractivity contribution >= 4 is 11.7 Å². The summed E-state index contributed by atoms with van der Waals surface area (Å²) >= 11 is 0. The summed E-state index contributed by atoms with van der Waals surface area (Å²) < 4.78 is 0. The maximum Gasteiger partial charge on any atom is 0.222 e. The molecule has 2 rings (SSSR count). The van der Waals surface area contributed by atoms with Crippen molar-refractivity contribution < 1.29 is 9.59 Å². The van der Waals surface area contributed by atoms with Crippen molar-refractivity contribution in [3.63, 3.8) is 0 Å². The van der Waals surface area contributed by atoms with E-state index in [2.05, 4.69) is 0 Å². The molecule has 2 fully saturated rings. The number of carbonyl (C=O) groups is 2. The normalized spacial score (nSPS) is 23.5. The third kappa shape index (κ3) is 3.55. The van der Waals surface area contributed by atoms with E-state index in [0.29, 0.717) is 18.7 Å². The van der Waals surface area contributed by atoms with Crippen molar-refractivity contribution in [3.8, 4) is 0 Å². The Bertz CT molecular complexity index is 282. The number of carbonyl (C=O) groups excluding carboxylic acids is 2. The molecule has 3 heteroatoms. The van der Waals surface area contributed by atoms with Crippen molar-refractivity contribution in [2.45, 2.75) is 57.8 Å². The smallest absolute Gasteiger partial charge is 0.222 e. The highest BCUT2D eigenvalue weighted by molar-refractivity contribution is 5.87. The molecule has 0 spiro atoms. The number of Topliss-reactive ketones (excluding diaryl/α,β-unsaturated/α-hetero) is 1. The van der Waals surface area contributed by atoms with Crippen LogP contribution in [0.3, 0.4) is 0 Å². The van der Waals surface area contributed by atoms with Gasteiger partial charge in [0.15, 0.2) is 5.78 Å². The lowest BCUT2D eigenvalue weighted by molar-refractivity contribution is -0.137. The minimum Gasteiger partial charge on any atom is -0.335 e. The fourth-order valence-electron chi connectivity index (χ4n) is 2.95. The molecule has 1 heterocycles. The minimum absolute atomic E-state index is 0.191.